The van der Waals surface area contributed by atoms with Crippen molar-refractivity contribution in [2.24, 2.45) is 0 Å². The molecule has 0 spiro atoms. The Kier molecular flexibility index (Phi) is 6.15. The molecule has 3 heterocycles. The standard InChI is InChI=1S/C22H23FN4O3S/c1-14(21(28)25-18-5-3-4-17(23)11-18)26-6-8-27(9-7-26)22(29)16-10-20(30-12-16)19-13-31-15(2)24-19/h3-5,10-14H,6-9H2,1-2H3,(H,25,28). The predicted octanol–water partition coefficient (Wildman–Crippen LogP) is 3.64. The number of aromatic nitrogens is 1. The lowest BCUT2D eigenvalue weighted by Gasteiger charge is -2.37. The largest absolute Gasteiger partial charge is 0.462 e. The van der Waals surface area contributed by atoms with Crippen molar-refractivity contribution in [1.29, 1.82) is 0 Å². The molecule has 7 nitrogen and oxygen atoms in total. The van der Waals surface area contributed by atoms with Gasteiger partial charge in [0.15, 0.2) is 5.76 Å². The molecule has 9 heteroatoms. The molecule has 4 rings (SSSR count). The van der Waals surface area contributed by atoms with Crippen LogP contribution < -0.4 is 5.32 Å². The summed E-state index contributed by atoms with van der Waals surface area (Å²) in [6.07, 6.45) is 1.47. The van der Waals surface area contributed by atoms with Gasteiger partial charge in [0, 0.05) is 37.2 Å². The Hall–Kier alpha value is -3.04. The number of furan rings is 1. The quantitative estimate of drug-likeness (QED) is 0.653. The van der Waals surface area contributed by atoms with Gasteiger partial charge in [-0.05, 0) is 38.1 Å². The molecule has 3 aromatic rings. The Balaban J connectivity index is 1.32. The molecular formula is C22H23FN4O3S. The number of nitrogens with zero attached hydrogens (tertiary/aromatic N) is 3. The molecule has 1 unspecified atom stereocenters. The van der Waals surface area contributed by atoms with Crippen LogP contribution in [0.4, 0.5) is 10.1 Å². The van der Waals surface area contributed by atoms with E-state index >= 15 is 0 Å². The molecule has 1 aliphatic rings. The van der Waals surface area contributed by atoms with E-state index in [-0.39, 0.29) is 11.8 Å². The molecule has 0 bridgehead atoms. The molecule has 0 aliphatic carbocycles. The van der Waals surface area contributed by atoms with Crippen LogP contribution in [-0.4, -0.2) is 58.8 Å². The van der Waals surface area contributed by atoms with Gasteiger partial charge in [-0.1, -0.05) is 6.07 Å². The van der Waals surface area contributed by atoms with Gasteiger partial charge in [0.05, 0.1) is 16.6 Å². The van der Waals surface area contributed by atoms with Crippen molar-refractivity contribution in [2.45, 2.75) is 19.9 Å². The Bertz CT molecular complexity index is 1090. The first-order chi connectivity index (χ1) is 14.9. The highest BCUT2D eigenvalue weighted by molar-refractivity contribution is 7.09. The summed E-state index contributed by atoms with van der Waals surface area (Å²) in [7, 11) is 0. The van der Waals surface area contributed by atoms with Crippen molar-refractivity contribution < 1.29 is 18.4 Å². The van der Waals surface area contributed by atoms with Crippen molar-refractivity contribution in [2.75, 3.05) is 31.5 Å². The average Bonchev–Trinajstić information content (AvgIpc) is 3.42. The summed E-state index contributed by atoms with van der Waals surface area (Å²) in [4.78, 5) is 33.5. The van der Waals surface area contributed by atoms with E-state index in [2.05, 4.69) is 10.3 Å². The highest BCUT2D eigenvalue weighted by Crippen LogP contribution is 2.24. The number of nitrogens with one attached hydrogen (secondary N) is 1. The van der Waals surface area contributed by atoms with Crippen molar-refractivity contribution in [3.63, 3.8) is 0 Å². The van der Waals surface area contributed by atoms with Gasteiger partial charge in [-0.15, -0.1) is 11.3 Å². The number of carbonyl (C=O) groups is 2. The van der Waals surface area contributed by atoms with Crippen LogP contribution in [0, 0.1) is 12.7 Å². The van der Waals surface area contributed by atoms with Gasteiger partial charge in [-0.3, -0.25) is 14.5 Å². The van der Waals surface area contributed by atoms with Crippen LogP contribution in [0.5, 0.6) is 0 Å². The molecule has 162 valence electrons. The zero-order valence-corrected chi connectivity index (χ0v) is 18.1. The molecule has 2 aromatic heterocycles. The van der Waals surface area contributed by atoms with E-state index in [1.807, 2.05) is 24.1 Å². The van der Waals surface area contributed by atoms with Gasteiger partial charge in [0.1, 0.15) is 17.8 Å². The number of thiazole rings is 1. The van der Waals surface area contributed by atoms with E-state index in [9.17, 15) is 14.0 Å². The second-order valence-corrected chi connectivity index (χ2v) is 8.52. The number of anilines is 1. The maximum Gasteiger partial charge on any atom is 0.257 e. The molecule has 31 heavy (non-hydrogen) atoms. The van der Waals surface area contributed by atoms with E-state index in [1.165, 1.54) is 29.7 Å². The third-order valence-corrected chi connectivity index (χ3v) is 6.11. The molecule has 1 aromatic carbocycles. The van der Waals surface area contributed by atoms with Gasteiger partial charge >= 0.3 is 0 Å². The maximum atomic E-state index is 13.3. The third kappa shape index (κ3) is 4.83. The number of aryl methyl sites for hydroxylation is 1. The topological polar surface area (TPSA) is 78.7 Å². The summed E-state index contributed by atoms with van der Waals surface area (Å²) in [5, 5.41) is 5.58. The molecule has 1 N–H and O–H groups in total. The highest BCUT2D eigenvalue weighted by Gasteiger charge is 2.28. The Morgan fingerprint density at radius 2 is 2.00 bits per heavy atom. The summed E-state index contributed by atoms with van der Waals surface area (Å²) in [6.45, 7) is 5.88. The average molecular weight is 443 g/mol. The summed E-state index contributed by atoms with van der Waals surface area (Å²) >= 11 is 1.53. The van der Waals surface area contributed by atoms with E-state index < -0.39 is 11.9 Å². The second-order valence-electron chi connectivity index (χ2n) is 7.46. The minimum atomic E-state index is -0.398. The molecule has 1 atom stereocenters. The zero-order valence-electron chi connectivity index (χ0n) is 17.3. The number of amides is 2. The van der Waals surface area contributed by atoms with Gasteiger partial charge < -0.3 is 14.6 Å². The minimum Gasteiger partial charge on any atom is -0.462 e. The van der Waals surface area contributed by atoms with Gasteiger partial charge in [0.2, 0.25) is 5.91 Å². The number of carbonyl (C=O) groups excluding carboxylic acids is 2. The smallest absolute Gasteiger partial charge is 0.257 e. The lowest BCUT2D eigenvalue weighted by atomic mass is 10.2. The minimum absolute atomic E-state index is 0.0986. The number of rotatable bonds is 5. The number of hydrogen-bond acceptors (Lipinski definition) is 6. The highest BCUT2D eigenvalue weighted by atomic mass is 32.1. The van der Waals surface area contributed by atoms with Crippen molar-refractivity contribution in [3.05, 3.63) is 58.4 Å². The fourth-order valence-corrected chi connectivity index (χ4v) is 4.14. The van der Waals surface area contributed by atoms with E-state index in [4.69, 9.17) is 4.42 Å². The van der Waals surface area contributed by atoms with Crippen LogP contribution in [0.1, 0.15) is 22.3 Å². The molecule has 0 radical (unpaired) electrons. The first-order valence-corrected chi connectivity index (χ1v) is 10.9. The Labute approximate surface area is 183 Å². The van der Waals surface area contributed by atoms with E-state index in [0.717, 1.165) is 10.7 Å². The van der Waals surface area contributed by atoms with Gasteiger partial charge in [0.25, 0.3) is 5.91 Å². The summed E-state index contributed by atoms with van der Waals surface area (Å²) in [5.41, 5.74) is 1.65. The van der Waals surface area contributed by atoms with Crippen LogP contribution in [0.2, 0.25) is 0 Å². The van der Waals surface area contributed by atoms with Crippen LogP contribution in [0.25, 0.3) is 11.5 Å². The lowest BCUT2D eigenvalue weighted by molar-refractivity contribution is -0.121. The number of benzene rings is 1. The number of halogens is 1. The van der Waals surface area contributed by atoms with E-state index in [1.54, 1.807) is 23.1 Å². The first kappa shape index (κ1) is 21.2. The van der Waals surface area contributed by atoms with E-state index in [0.29, 0.717) is 43.2 Å². The fourth-order valence-electron chi connectivity index (χ4n) is 3.53. The Morgan fingerprint density at radius 3 is 2.68 bits per heavy atom. The molecular weight excluding hydrogens is 419 g/mol. The normalized spacial score (nSPS) is 15.6. The summed E-state index contributed by atoms with van der Waals surface area (Å²) in [6, 6.07) is 7.14. The van der Waals surface area contributed by atoms with Gasteiger partial charge in [-0.25, -0.2) is 9.37 Å². The molecule has 0 saturated carbocycles. The fraction of sp³-hybridized carbons (Fsp3) is 0.318. The zero-order chi connectivity index (χ0) is 22.0. The molecule has 2 amide bonds. The second kappa shape index (κ2) is 8.99. The Morgan fingerprint density at radius 1 is 1.23 bits per heavy atom. The van der Waals surface area contributed by atoms with Crippen LogP contribution >= 0.6 is 11.3 Å². The lowest BCUT2D eigenvalue weighted by Crippen LogP contribution is -2.54. The summed E-state index contributed by atoms with van der Waals surface area (Å²) < 4.78 is 18.9. The predicted molar refractivity (Wildman–Crippen MR) is 117 cm³/mol. The monoisotopic (exact) mass is 442 g/mol. The maximum absolute atomic E-state index is 13.3. The molecule has 1 aliphatic heterocycles. The van der Waals surface area contributed by atoms with Crippen molar-refractivity contribution in [1.82, 2.24) is 14.8 Å². The molecule has 1 saturated heterocycles. The third-order valence-electron chi connectivity index (χ3n) is 5.34. The SMILES string of the molecule is Cc1nc(-c2cc(C(=O)N3CCN(C(C)C(=O)Nc4cccc(F)c4)CC3)co2)cs1. The van der Waals surface area contributed by atoms with Crippen LogP contribution in [-0.2, 0) is 4.79 Å². The number of piperazine rings is 1. The van der Waals surface area contributed by atoms with Crippen molar-refractivity contribution >= 4 is 28.8 Å². The first-order valence-electron chi connectivity index (χ1n) is 10.0. The summed E-state index contributed by atoms with van der Waals surface area (Å²) in [5.74, 6) is -0.124. The molecule has 1 fully saturated rings. The van der Waals surface area contributed by atoms with Crippen LogP contribution in [0.3, 0.4) is 0 Å². The van der Waals surface area contributed by atoms with Gasteiger partial charge in [-0.2, -0.15) is 0 Å². The van der Waals surface area contributed by atoms with Crippen molar-refractivity contribution in [3.8, 4) is 11.5 Å². The van der Waals surface area contributed by atoms with Crippen LogP contribution in [0.15, 0.2) is 46.4 Å². The number of hydrogen-bond donors (Lipinski definition) is 1.